The number of nitriles is 1. The van der Waals surface area contributed by atoms with Crippen LogP contribution in [-0.4, -0.2) is 73.2 Å². The molecular weight excluding hydrogens is 667 g/mol. The zero-order valence-electron chi connectivity index (χ0n) is 30.0. The standard InChI is InChI=1S/C42H43N7O4/c1-26-6-3-4-7-34(26)35-8-5-13-42(27(35)2,41-46-36-20-28(18-32(21-43)38(36)53-41)23-49-17-12-33(50)25-49)47-39-37-31(9-14-44-39)19-29(22-45-37)24-48-15-10-30(11-16-48)40(51)52/h3-9,13-14,18-20,22,27,30,33,50H,10-12,15-17,23-25H2,1-2H3,(H,44,47)(H,51,52)/t27-,33?,42?/m1/s1. The third kappa shape index (κ3) is 6.70. The number of aliphatic hydroxyl groups excluding tert-OH is 1. The SMILES string of the molecule is Cc1ccccc1C1=CC=CC(Nc2nccc3cc(CN4CCC(C(=O)O)CC4)cnc23)(c2nc3cc(CN4CCC(O)C4)cc(C#N)c3o2)[C@@H]1C. The van der Waals surface area contributed by atoms with Crippen LogP contribution in [-0.2, 0) is 23.4 Å². The Labute approximate surface area is 308 Å². The first-order valence-corrected chi connectivity index (χ1v) is 18.4. The average Bonchev–Trinajstić information content (AvgIpc) is 3.79. The number of carbonyl (C=O) groups is 1. The predicted molar refractivity (Wildman–Crippen MR) is 203 cm³/mol. The van der Waals surface area contributed by atoms with E-state index in [0.29, 0.717) is 66.4 Å². The maximum Gasteiger partial charge on any atom is 0.306 e. The summed E-state index contributed by atoms with van der Waals surface area (Å²) in [5.74, 6) is -0.179. The van der Waals surface area contributed by atoms with E-state index in [1.807, 2.05) is 42.6 Å². The fourth-order valence-electron chi connectivity index (χ4n) is 8.25. The minimum Gasteiger partial charge on any atom is -0.481 e. The molecule has 3 aromatic heterocycles. The molecule has 5 heterocycles. The van der Waals surface area contributed by atoms with Gasteiger partial charge in [0.1, 0.15) is 22.6 Å². The van der Waals surface area contributed by atoms with Gasteiger partial charge in [0.2, 0.25) is 5.89 Å². The van der Waals surface area contributed by atoms with Gasteiger partial charge in [-0.3, -0.25) is 19.6 Å². The van der Waals surface area contributed by atoms with Gasteiger partial charge >= 0.3 is 5.97 Å². The number of rotatable bonds is 9. The van der Waals surface area contributed by atoms with E-state index in [2.05, 4.69) is 65.4 Å². The molecule has 8 rings (SSSR count). The summed E-state index contributed by atoms with van der Waals surface area (Å²) in [6, 6.07) is 18.6. The molecular formula is C42H43N7O4. The number of β-amino-alcohol motifs (C(OH)–C–C–N with tert-alkyl or cyclic N) is 1. The van der Waals surface area contributed by atoms with Crippen LogP contribution in [0.1, 0.15) is 59.9 Å². The second-order valence-corrected chi connectivity index (χ2v) is 14.8. The van der Waals surface area contributed by atoms with E-state index >= 15 is 0 Å². The number of piperidine rings is 1. The Morgan fingerprint density at radius 3 is 2.60 bits per heavy atom. The zero-order chi connectivity index (χ0) is 36.7. The Hall–Kier alpha value is -5.41. The number of nitrogens with one attached hydrogen (secondary N) is 1. The lowest BCUT2D eigenvalue weighted by atomic mass is 9.73. The van der Waals surface area contributed by atoms with E-state index in [0.717, 1.165) is 59.3 Å². The Kier molecular flexibility index (Phi) is 9.28. The average molecular weight is 710 g/mol. The quantitative estimate of drug-likeness (QED) is 0.156. The van der Waals surface area contributed by atoms with Crippen LogP contribution in [0.2, 0.25) is 0 Å². The summed E-state index contributed by atoms with van der Waals surface area (Å²) in [7, 11) is 0. The Bertz CT molecular complexity index is 2300. The van der Waals surface area contributed by atoms with Gasteiger partial charge < -0.3 is 19.9 Å². The number of carboxylic acids is 1. The van der Waals surface area contributed by atoms with Gasteiger partial charge in [0.15, 0.2) is 11.4 Å². The van der Waals surface area contributed by atoms with Crippen molar-refractivity contribution in [3.8, 4) is 6.07 Å². The van der Waals surface area contributed by atoms with Crippen LogP contribution >= 0.6 is 0 Å². The maximum absolute atomic E-state index is 11.5. The van der Waals surface area contributed by atoms with E-state index in [4.69, 9.17) is 19.4 Å². The van der Waals surface area contributed by atoms with Crippen molar-refractivity contribution in [3.05, 3.63) is 113 Å². The van der Waals surface area contributed by atoms with Gasteiger partial charge in [0.25, 0.3) is 0 Å². The highest BCUT2D eigenvalue weighted by Crippen LogP contribution is 2.46. The highest BCUT2D eigenvalue weighted by atomic mass is 16.4. The lowest BCUT2D eigenvalue weighted by molar-refractivity contribution is -0.143. The normalized spacial score (nSPS) is 22.6. The highest BCUT2D eigenvalue weighted by Gasteiger charge is 2.45. The predicted octanol–water partition coefficient (Wildman–Crippen LogP) is 6.41. The number of allylic oxidation sites excluding steroid dienone is 2. The first-order valence-electron chi connectivity index (χ1n) is 18.4. The van der Waals surface area contributed by atoms with E-state index < -0.39 is 11.5 Å². The number of carboxylic acid groups (broad SMARTS) is 1. The molecule has 53 heavy (non-hydrogen) atoms. The Morgan fingerprint density at radius 2 is 1.85 bits per heavy atom. The number of pyridine rings is 2. The fraction of sp³-hybridized carbons (Fsp3) is 0.357. The molecule has 2 aromatic carbocycles. The van der Waals surface area contributed by atoms with Crippen LogP contribution in [0.15, 0.2) is 83.6 Å². The van der Waals surface area contributed by atoms with E-state index in [-0.39, 0.29) is 17.9 Å². The summed E-state index contributed by atoms with van der Waals surface area (Å²) in [6.45, 7) is 8.45. The van der Waals surface area contributed by atoms with Crippen molar-refractivity contribution in [1.82, 2.24) is 24.8 Å². The van der Waals surface area contributed by atoms with Crippen molar-refractivity contribution in [2.24, 2.45) is 11.8 Å². The number of aryl methyl sites for hydroxylation is 1. The van der Waals surface area contributed by atoms with Gasteiger partial charge in [-0.25, -0.2) is 9.97 Å². The monoisotopic (exact) mass is 709 g/mol. The molecule has 11 heteroatoms. The molecule has 3 atom stereocenters. The summed E-state index contributed by atoms with van der Waals surface area (Å²) < 4.78 is 6.65. The molecule has 0 radical (unpaired) electrons. The van der Waals surface area contributed by atoms with E-state index in [9.17, 15) is 20.3 Å². The number of oxazole rings is 1. The molecule has 270 valence electrons. The summed E-state index contributed by atoms with van der Waals surface area (Å²) in [6.07, 6.45) is 11.6. The Balaban J connectivity index is 1.17. The Morgan fingerprint density at radius 1 is 1.06 bits per heavy atom. The topological polar surface area (TPSA) is 152 Å². The molecule has 1 aliphatic carbocycles. The van der Waals surface area contributed by atoms with Gasteiger partial charge in [-0.05, 0) is 97.4 Å². The van der Waals surface area contributed by atoms with Crippen LogP contribution in [0.25, 0.3) is 27.6 Å². The number of nitrogens with zero attached hydrogens (tertiary/aromatic N) is 6. The van der Waals surface area contributed by atoms with Crippen LogP contribution in [0.3, 0.4) is 0 Å². The number of benzene rings is 2. The number of anilines is 1. The van der Waals surface area contributed by atoms with Crippen LogP contribution in [0, 0.1) is 30.1 Å². The summed E-state index contributed by atoms with van der Waals surface area (Å²) in [5, 5.41) is 34.5. The third-order valence-electron chi connectivity index (χ3n) is 11.2. The molecule has 0 spiro atoms. The molecule has 2 unspecified atom stereocenters. The van der Waals surface area contributed by atoms with Crippen LogP contribution in [0.5, 0.6) is 0 Å². The van der Waals surface area contributed by atoms with Gasteiger partial charge in [0.05, 0.1) is 17.6 Å². The summed E-state index contributed by atoms with van der Waals surface area (Å²) >= 11 is 0. The number of aliphatic carboxylic acids is 1. The molecule has 0 bridgehead atoms. The largest absolute Gasteiger partial charge is 0.481 e. The van der Waals surface area contributed by atoms with Gasteiger partial charge in [0, 0.05) is 49.9 Å². The molecule has 0 amide bonds. The van der Waals surface area contributed by atoms with Crippen molar-refractivity contribution in [2.75, 3.05) is 31.5 Å². The third-order valence-corrected chi connectivity index (χ3v) is 11.2. The van der Waals surface area contributed by atoms with Crippen molar-refractivity contribution < 1.29 is 19.4 Å². The molecule has 11 nitrogen and oxygen atoms in total. The molecule has 5 aromatic rings. The van der Waals surface area contributed by atoms with E-state index in [1.165, 1.54) is 0 Å². The van der Waals surface area contributed by atoms with Crippen molar-refractivity contribution >= 4 is 39.4 Å². The number of likely N-dealkylation sites (tertiary alicyclic amines) is 2. The number of hydrogen-bond donors (Lipinski definition) is 3. The van der Waals surface area contributed by atoms with Crippen molar-refractivity contribution in [3.63, 3.8) is 0 Å². The summed E-state index contributed by atoms with van der Waals surface area (Å²) in [4.78, 5) is 30.8. The minimum atomic E-state index is -1.01. The van der Waals surface area contributed by atoms with Crippen molar-refractivity contribution in [1.29, 1.82) is 5.26 Å². The minimum absolute atomic E-state index is 0.192. The van der Waals surface area contributed by atoms with Crippen LogP contribution < -0.4 is 5.32 Å². The number of aromatic nitrogens is 3. The van der Waals surface area contributed by atoms with Gasteiger partial charge in [-0.1, -0.05) is 43.3 Å². The number of aliphatic hydroxyl groups is 1. The first-order chi connectivity index (χ1) is 25.7. The smallest absolute Gasteiger partial charge is 0.306 e. The highest BCUT2D eigenvalue weighted by molar-refractivity contribution is 5.89. The lowest BCUT2D eigenvalue weighted by Crippen LogP contribution is -2.42. The number of hydrogen-bond acceptors (Lipinski definition) is 10. The lowest BCUT2D eigenvalue weighted by Gasteiger charge is -2.39. The fourth-order valence-corrected chi connectivity index (χ4v) is 8.25. The summed E-state index contributed by atoms with van der Waals surface area (Å²) in [5.41, 5.74) is 6.53. The molecule has 3 aliphatic rings. The zero-order valence-corrected chi connectivity index (χ0v) is 30.0. The first kappa shape index (κ1) is 34.7. The second-order valence-electron chi connectivity index (χ2n) is 14.8. The molecule has 2 saturated heterocycles. The molecule has 2 fully saturated rings. The van der Waals surface area contributed by atoms with Gasteiger partial charge in [-0.2, -0.15) is 5.26 Å². The molecule has 0 saturated carbocycles. The molecule has 3 N–H and O–H groups in total. The number of fused-ring (bicyclic) bond motifs is 2. The van der Waals surface area contributed by atoms with Crippen LogP contribution in [0.4, 0.5) is 5.82 Å². The second kappa shape index (κ2) is 14.2. The van der Waals surface area contributed by atoms with E-state index in [1.54, 1.807) is 6.20 Å². The molecule has 2 aliphatic heterocycles. The van der Waals surface area contributed by atoms with Crippen molar-refractivity contribution in [2.45, 2.75) is 57.8 Å². The maximum atomic E-state index is 11.5. The van der Waals surface area contributed by atoms with Gasteiger partial charge in [-0.15, -0.1) is 0 Å².